The van der Waals surface area contributed by atoms with E-state index in [1.807, 2.05) is 38.1 Å². The maximum absolute atomic E-state index is 13.0. The van der Waals surface area contributed by atoms with Crippen LogP contribution in [0.3, 0.4) is 0 Å². The fraction of sp³-hybridized carbons (Fsp3) is 0.444. The van der Waals surface area contributed by atoms with Gasteiger partial charge in [0.1, 0.15) is 12.6 Å². The van der Waals surface area contributed by atoms with Crippen molar-refractivity contribution in [2.75, 3.05) is 19.7 Å². The van der Waals surface area contributed by atoms with Crippen LogP contribution >= 0.6 is 0 Å². The van der Waals surface area contributed by atoms with Gasteiger partial charge in [0, 0.05) is 19.0 Å². The monoisotopic (exact) mass is 464 g/mol. The summed E-state index contributed by atoms with van der Waals surface area (Å²) < 4.78 is 5.59. The van der Waals surface area contributed by atoms with E-state index in [2.05, 4.69) is 29.6 Å². The highest BCUT2D eigenvalue weighted by Crippen LogP contribution is 2.44. The van der Waals surface area contributed by atoms with Crippen molar-refractivity contribution in [3.05, 3.63) is 59.7 Å². The lowest BCUT2D eigenvalue weighted by Crippen LogP contribution is -2.53. The number of nitrogens with zero attached hydrogens (tertiary/aromatic N) is 1. The molecule has 1 atom stereocenters. The van der Waals surface area contributed by atoms with Crippen LogP contribution in [0.15, 0.2) is 48.5 Å². The summed E-state index contributed by atoms with van der Waals surface area (Å²) in [6.45, 7) is 4.65. The molecule has 2 N–H and O–H groups in total. The number of carboxylic acids is 1. The number of ether oxygens (including phenoxy) is 1. The molecule has 0 bridgehead atoms. The van der Waals surface area contributed by atoms with Crippen LogP contribution in [-0.4, -0.2) is 53.7 Å². The molecule has 1 fully saturated rings. The Morgan fingerprint density at radius 3 is 2.09 bits per heavy atom. The van der Waals surface area contributed by atoms with Crippen molar-refractivity contribution in [3.8, 4) is 11.1 Å². The number of likely N-dealkylation sites (tertiary alicyclic amines) is 1. The molecule has 7 heteroatoms. The number of carbonyl (C=O) groups excluding carboxylic acids is 2. The first-order valence-corrected chi connectivity index (χ1v) is 12.0. The van der Waals surface area contributed by atoms with Crippen LogP contribution in [-0.2, 0) is 14.3 Å². The number of hydrogen-bond donors (Lipinski definition) is 2. The average molecular weight is 465 g/mol. The van der Waals surface area contributed by atoms with Crippen molar-refractivity contribution in [1.82, 2.24) is 10.2 Å². The van der Waals surface area contributed by atoms with E-state index in [0.717, 1.165) is 22.3 Å². The van der Waals surface area contributed by atoms with Crippen molar-refractivity contribution < 1.29 is 24.2 Å². The van der Waals surface area contributed by atoms with Gasteiger partial charge in [-0.1, -0.05) is 62.4 Å². The van der Waals surface area contributed by atoms with Gasteiger partial charge in [-0.2, -0.15) is 0 Å². The molecule has 7 nitrogen and oxygen atoms in total. The Labute approximate surface area is 200 Å². The highest BCUT2D eigenvalue weighted by atomic mass is 16.5. The number of benzene rings is 2. The summed E-state index contributed by atoms with van der Waals surface area (Å²) in [7, 11) is 0. The number of nitrogens with one attached hydrogen (secondary N) is 1. The van der Waals surface area contributed by atoms with Crippen LogP contribution in [0, 0.1) is 5.41 Å². The van der Waals surface area contributed by atoms with Gasteiger partial charge < -0.3 is 20.1 Å². The highest BCUT2D eigenvalue weighted by molar-refractivity contribution is 5.86. The van der Waals surface area contributed by atoms with E-state index in [1.165, 1.54) is 0 Å². The normalized spacial score (nSPS) is 17.4. The van der Waals surface area contributed by atoms with Crippen molar-refractivity contribution in [1.29, 1.82) is 0 Å². The van der Waals surface area contributed by atoms with Gasteiger partial charge in [0.25, 0.3) is 0 Å². The van der Waals surface area contributed by atoms with Crippen molar-refractivity contribution in [3.63, 3.8) is 0 Å². The molecule has 1 saturated heterocycles. The summed E-state index contributed by atoms with van der Waals surface area (Å²) in [6, 6.07) is 15.6. The predicted octanol–water partition coefficient (Wildman–Crippen LogP) is 4.41. The molecular formula is C27H32N2O5. The number of fused-ring (bicyclic) bond motifs is 3. The molecule has 1 aliphatic carbocycles. The summed E-state index contributed by atoms with van der Waals surface area (Å²) in [5.74, 6) is -1.04. The largest absolute Gasteiger partial charge is 0.481 e. The molecule has 1 heterocycles. The first-order valence-electron chi connectivity index (χ1n) is 12.0. The van der Waals surface area contributed by atoms with Crippen molar-refractivity contribution in [2.45, 2.75) is 51.5 Å². The minimum atomic E-state index is -0.800. The van der Waals surface area contributed by atoms with E-state index in [0.29, 0.717) is 38.8 Å². The summed E-state index contributed by atoms with van der Waals surface area (Å²) in [5.41, 5.74) is 3.81. The Balaban J connectivity index is 1.36. The molecule has 0 saturated carbocycles. The first kappa shape index (κ1) is 23.8. The lowest BCUT2D eigenvalue weighted by atomic mass is 9.76. The number of rotatable bonds is 7. The SMILES string of the molecule is CCC(NC(=O)OCC1c2ccccc2-c2ccccc21)C(=O)N1CCC(CC)(C(=O)O)CC1. The van der Waals surface area contributed by atoms with E-state index < -0.39 is 23.5 Å². The second-order valence-electron chi connectivity index (χ2n) is 9.20. The number of amides is 2. The van der Waals surface area contributed by atoms with E-state index >= 15 is 0 Å². The van der Waals surface area contributed by atoms with Crippen LogP contribution in [0.2, 0.25) is 0 Å². The van der Waals surface area contributed by atoms with Gasteiger partial charge in [-0.25, -0.2) is 4.79 Å². The number of carbonyl (C=O) groups is 3. The summed E-state index contributed by atoms with van der Waals surface area (Å²) in [4.78, 5) is 39.0. The van der Waals surface area contributed by atoms with Crippen LogP contribution in [0.1, 0.15) is 56.6 Å². The zero-order valence-electron chi connectivity index (χ0n) is 19.8. The molecule has 2 aromatic rings. The topological polar surface area (TPSA) is 95.9 Å². The minimum Gasteiger partial charge on any atom is -0.481 e. The van der Waals surface area contributed by atoms with Gasteiger partial charge in [0.2, 0.25) is 5.91 Å². The van der Waals surface area contributed by atoms with Crippen molar-refractivity contribution >= 4 is 18.0 Å². The average Bonchev–Trinajstić information content (AvgIpc) is 3.19. The third-order valence-electron chi connectivity index (χ3n) is 7.50. The van der Waals surface area contributed by atoms with Gasteiger partial charge >= 0.3 is 12.1 Å². The summed E-state index contributed by atoms with van der Waals surface area (Å²) >= 11 is 0. The fourth-order valence-electron chi connectivity index (χ4n) is 5.21. The maximum atomic E-state index is 13.0. The zero-order chi connectivity index (χ0) is 24.3. The molecule has 180 valence electrons. The van der Waals surface area contributed by atoms with Crippen LogP contribution < -0.4 is 5.32 Å². The zero-order valence-corrected chi connectivity index (χ0v) is 19.8. The molecule has 1 aliphatic heterocycles. The minimum absolute atomic E-state index is 0.0470. The van der Waals surface area contributed by atoms with Crippen LogP contribution in [0.5, 0.6) is 0 Å². The lowest BCUT2D eigenvalue weighted by molar-refractivity contribution is -0.155. The van der Waals surface area contributed by atoms with E-state index in [4.69, 9.17) is 4.74 Å². The molecule has 0 radical (unpaired) electrons. The number of carboxylic acid groups (broad SMARTS) is 1. The number of hydrogen-bond acceptors (Lipinski definition) is 4. The Morgan fingerprint density at radius 2 is 1.59 bits per heavy atom. The number of aliphatic carboxylic acids is 1. The van der Waals surface area contributed by atoms with Gasteiger partial charge in [0.05, 0.1) is 5.41 Å². The Morgan fingerprint density at radius 1 is 1.03 bits per heavy atom. The number of piperidine rings is 1. The molecule has 34 heavy (non-hydrogen) atoms. The molecule has 2 amide bonds. The van der Waals surface area contributed by atoms with E-state index in [-0.39, 0.29) is 18.4 Å². The summed E-state index contributed by atoms with van der Waals surface area (Å²) in [5, 5.41) is 12.3. The number of alkyl carbamates (subject to hydrolysis) is 1. The molecular weight excluding hydrogens is 432 g/mol. The van der Waals surface area contributed by atoms with Gasteiger partial charge in [-0.3, -0.25) is 9.59 Å². The quantitative estimate of drug-likeness (QED) is 0.633. The Kier molecular flexibility index (Phi) is 6.91. The third kappa shape index (κ3) is 4.39. The van der Waals surface area contributed by atoms with Gasteiger partial charge in [-0.15, -0.1) is 0 Å². The molecule has 4 rings (SSSR count). The molecule has 1 unspecified atom stereocenters. The van der Waals surface area contributed by atoms with Gasteiger partial charge in [-0.05, 0) is 47.9 Å². The van der Waals surface area contributed by atoms with Crippen LogP contribution in [0.25, 0.3) is 11.1 Å². The smallest absolute Gasteiger partial charge is 0.407 e. The predicted molar refractivity (Wildman–Crippen MR) is 128 cm³/mol. The standard InChI is InChI=1S/C27H32N2O5/c1-3-23(24(30)29-15-13-27(4-2,14-16-29)25(31)32)28-26(33)34-17-22-20-11-7-5-9-18(20)19-10-6-8-12-21(19)22/h5-12,22-23H,3-4,13-17H2,1-2H3,(H,28,33)(H,31,32). The highest BCUT2D eigenvalue weighted by Gasteiger charge is 2.41. The van der Waals surface area contributed by atoms with Gasteiger partial charge in [0.15, 0.2) is 0 Å². The maximum Gasteiger partial charge on any atom is 0.407 e. The Bertz CT molecular complexity index is 1030. The molecule has 2 aliphatic rings. The fourth-order valence-corrected chi connectivity index (χ4v) is 5.21. The second-order valence-corrected chi connectivity index (χ2v) is 9.20. The van der Waals surface area contributed by atoms with E-state index in [9.17, 15) is 19.5 Å². The molecule has 2 aromatic carbocycles. The van der Waals surface area contributed by atoms with Crippen molar-refractivity contribution in [2.24, 2.45) is 5.41 Å². The third-order valence-corrected chi connectivity index (χ3v) is 7.50. The first-order chi connectivity index (χ1) is 16.4. The lowest BCUT2D eigenvalue weighted by Gasteiger charge is -2.39. The van der Waals surface area contributed by atoms with E-state index in [1.54, 1.807) is 4.90 Å². The Hall–Kier alpha value is -3.35. The summed E-state index contributed by atoms with van der Waals surface area (Å²) in [6.07, 6.45) is 1.20. The molecule has 0 aromatic heterocycles. The second kappa shape index (κ2) is 9.87. The van der Waals surface area contributed by atoms with Crippen LogP contribution in [0.4, 0.5) is 4.79 Å². The molecule has 0 spiro atoms.